The van der Waals surface area contributed by atoms with Crippen LogP contribution in [0.25, 0.3) is 0 Å². The topological polar surface area (TPSA) is 52.7 Å². The number of rotatable bonds is 7. The van der Waals surface area contributed by atoms with Gasteiger partial charge in [0.15, 0.2) is 0 Å². The molecule has 0 aliphatic heterocycles. The molecule has 5 heteroatoms. The Bertz CT molecular complexity index is 600. The molecule has 1 unspecified atom stereocenters. The third-order valence-electron chi connectivity index (χ3n) is 4.82. The summed E-state index contributed by atoms with van der Waals surface area (Å²) in [6.07, 6.45) is 3.19. The second kappa shape index (κ2) is 8.99. The van der Waals surface area contributed by atoms with Gasteiger partial charge in [0.1, 0.15) is 0 Å². The predicted octanol–water partition coefficient (Wildman–Crippen LogP) is 2.37. The zero-order valence-electron chi connectivity index (χ0n) is 15.9. The van der Waals surface area contributed by atoms with Gasteiger partial charge in [0.2, 0.25) is 11.8 Å². The zero-order valence-corrected chi connectivity index (χ0v) is 15.9. The van der Waals surface area contributed by atoms with Crippen molar-refractivity contribution < 1.29 is 9.59 Å². The summed E-state index contributed by atoms with van der Waals surface area (Å²) in [5.74, 6) is 0.0382. The summed E-state index contributed by atoms with van der Waals surface area (Å²) in [4.78, 5) is 28.5. The molecule has 1 aliphatic carbocycles. The Kier molecular flexibility index (Phi) is 7.00. The third-order valence-corrected chi connectivity index (χ3v) is 4.82. The van der Waals surface area contributed by atoms with E-state index >= 15 is 0 Å². The van der Waals surface area contributed by atoms with Crippen molar-refractivity contribution in [1.82, 2.24) is 15.1 Å². The number of benzene rings is 1. The molecule has 2 rings (SSSR count). The van der Waals surface area contributed by atoms with E-state index in [9.17, 15) is 9.59 Å². The summed E-state index contributed by atoms with van der Waals surface area (Å²) in [5.41, 5.74) is 2.62. The Morgan fingerprint density at radius 2 is 1.96 bits per heavy atom. The highest BCUT2D eigenvalue weighted by Gasteiger charge is 2.27. The first-order valence-corrected chi connectivity index (χ1v) is 9.27. The Morgan fingerprint density at radius 3 is 2.64 bits per heavy atom. The Labute approximate surface area is 151 Å². The van der Waals surface area contributed by atoms with Gasteiger partial charge >= 0.3 is 0 Å². The molecule has 0 heterocycles. The maximum atomic E-state index is 12.8. The lowest BCUT2D eigenvalue weighted by molar-refractivity contribution is -0.134. The van der Waals surface area contributed by atoms with Gasteiger partial charge in [-0.25, -0.2) is 0 Å². The number of nitrogens with zero attached hydrogens (tertiary/aromatic N) is 2. The fourth-order valence-corrected chi connectivity index (χ4v) is 3.46. The monoisotopic (exact) mass is 345 g/mol. The second-order valence-corrected chi connectivity index (χ2v) is 7.14. The molecule has 0 saturated carbocycles. The molecule has 1 aliphatic rings. The average Bonchev–Trinajstić information content (AvgIpc) is 2.59. The number of amides is 2. The van der Waals surface area contributed by atoms with Crippen LogP contribution in [0.4, 0.5) is 0 Å². The summed E-state index contributed by atoms with van der Waals surface area (Å²) in [6.45, 7) is 7.06. The summed E-state index contributed by atoms with van der Waals surface area (Å²) < 4.78 is 0. The minimum Gasteiger partial charge on any atom is -0.353 e. The Morgan fingerprint density at radius 1 is 1.24 bits per heavy atom. The average molecular weight is 345 g/mol. The van der Waals surface area contributed by atoms with Crippen molar-refractivity contribution in [1.29, 1.82) is 0 Å². The van der Waals surface area contributed by atoms with Gasteiger partial charge in [0.25, 0.3) is 0 Å². The van der Waals surface area contributed by atoms with Crippen LogP contribution in [0.5, 0.6) is 0 Å². The van der Waals surface area contributed by atoms with Crippen LogP contribution in [0, 0.1) is 0 Å². The lowest BCUT2D eigenvalue weighted by atomic mass is 9.87. The minimum absolute atomic E-state index is 0.0321. The van der Waals surface area contributed by atoms with Crippen molar-refractivity contribution in [2.24, 2.45) is 0 Å². The number of nitrogens with one attached hydrogen (secondary N) is 1. The summed E-state index contributed by atoms with van der Waals surface area (Å²) >= 11 is 0. The number of carbonyl (C=O) groups excluding carboxylic acids is 2. The molecule has 1 N–H and O–H groups in total. The van der Waals surface area contributed by atoms with Crippen molar-refractivity contribution in [3.63, 3.8) is 0 Å². The second-order valence-electron chi connectivity index (χ2n) is 7.14. The van der Waals surface area contributed by atoms with Crippen LogP contribution in [0.3, 0.4) is 0 Å². The summed E-state index contributed by atoms with van der Waals surface area (Å²) in [7, 11) is 1.89. The molecule has 0 radical (unpaired) electrons. The van der Waals surface area contributed by atoms with Gasteiger partial charge in [-0.2, -0.15) is 0 Å². The van der Waals surface area contributed by atoms with Crippen molar-refractivity contribution >= 4 is 11.8 Å². The maximum absolute atomic E-state index is 12.8. The van der Waals surface area contributed by atoms with E-state index in [2.05, 4.69) is 23.5 Å². The Balaban J connectivity index is 1.99. The van der Waals surface area contributed by atoms with E-state index in [-0.39, 0.29) is 37.0 Å². The number of fused-ring (bicyclic) bond motifs is 1. The summed E-state index contributed by atoms with van der Waals surface area (Å²) in [6, 6.07) is 8.66. The number of hydrogen-bond donors (Lipinski definition) is 1. The molecule has 1 aromatic rings. The van der Waals surface area contributed by atoms with Crippen molar-refractivity contribution in [3.8, 4) is 0 Å². The van der Waals surface area contributed by atoms with E-state index < -0.39 is 0 Å². The van der Waals surface area contributed by atoms with Gasteiger partial charge in [0, 0.05) is 13.1 Å². The van der Waals surface area contributed by atoms with E-state index in [0.717, 1.165) is 19.3 Å². The van der Waals surface area contributed by atoms with Crippen LogP contribution in [-0.4, -0.2) is 54.3 Å². The van der Waals surface area contributed by atoms with Gasteiger partial charge in [-0.15, -0.1) is 0 Å². The molecule has 0 saturated heterocycles. The van der Waals surface area contributed by atoms with Crippen LogP contribution < -0.4 is 5.32 Å². The van der Waals surface area contributed by atoms with Gasteiger partial charge in [0.05, 0.1) is 19.1 Å². The molecule has 5 nitrogen and oxygen atoms in total. The standard InChI is InChI=1S/C20H31N3O2/c1-5-23(13-19(24)21-15(2)3)14-20(25)22(4)18-12-8-10-16-9-6-7-11-17(16)18/h6-7,9,11,15,18H,5,8,10,12-14H2,1-4H3,(H,21,24). The predicted molar refractivity (Wildman–Crippen MR) is 100 cm³/mol. The highest BCUT2D eigenvalue weighted by Crippen LogP contribution is 2.33. The van der Waals surface area contributed by atoms with Crippen molar-refractivity contribution in [3.05, 3.63) is 35.4 Å². The number of likely N-dealkylation sites (N-methyl/N-ethyl adjacent to an activating group) is 2. The van der Waals surface area contributed by atoms with E-state index in [4.69, 9.17) is 0 Å². The summed E-state index contributed by atoms with van der Waals surface area (Å²) in [5, 5.41) is 2.88. The molecular formula is C20H31N3O2. The Hall–Kier alpha value is -1.88. The quantitative estimate of drug-likeness (QED) is 0.825. The molecule has 0 fully saturated rings. The van der Waals surface area contributed by atoms with E-state index in [1.165, 1.54) is 11.1 Å². The lowest BCUT2D eigenvalue weighted by Gasteiger charge is -2.34. The van der Waals surface area contributed by atoms with E-state index in [1.807, 2.05) is 43.7 Å². The molecule has 25 heavy (non-hydrogen) atoms. The molecule has 0 aromatic heterocycles. The normalized spacial score (nSPS) is 16.6. The highest BCUT2D eigenvalue weighted by molar-refractivity contribution is 5.81. The van der Waals surface area contributed by atoms with Gasteiger partial charge in [-0.1, -0.05) is 31.2 Å². The first-order valence-electron chi connectivity index (χ1n) is 9.27. The van der Waals surface area contributed by atoms with Crippen molar-refractivity contribution in [2.45, 2.75) is 52.1 Å². The fraction of sp³-hybridized carbons (Fsp3) is 0.600. The van der Waals surface area contributed by atoms with Crippen LogP contribution in [0.2, 0.25) is 0 Å². The molecule has 1 atom stereocenters. The smallest absolute Gasteiger partial charge is 0.237 e. The maximum Gasteiger partial charge on any atom is 0.237 e. The molecule has 0 bridgehead atoms. The van der Waals surface area contributed by atoms with E-state index in [1.54, 1.807) is 0 Å². The van der Waals surface area contributed by atoms with Gasteiger partial charge in [-0.05, 0) is 50.8 Å². The molecule has 2 amide bonds. The van der Waals surface area contributed by atoms with Crippen LogP contribution >= 0.6 is 0 Å². The number of hydrogen-bond acceptors (Lipinski definition) is 3. The largest absolute Gasteiger partial charge is 0.353 e. The van der Waals surface area contributed by atoms with Crippen LogP contribution in [0.1, 0.15) is 50.8 Å². The van der Waals surface area contributed by atoms with E-state index in [0.29, 0.717) is 6.54 Å². The minimum atomic E-state index is -0.0321. The molecule has 1 aromatic carbocycles. The third kappa shape index (κ3) is 5.30. The first-order chi connectivity index (χ1) is 11.9. The molecule has 138 valence electrons. The fourth-order valence-electron chi connectivity index (χ4n) is 3.46. The number of carbonyl (C=O) groups is 2. The highest BCUT2D eigenvalue weighted by atomic mass is 16.2. The molecule has 0 spiro atoms. The first kappa shape index (κ1) is 19.4. The van der Waals surface area contributed by atoms with Gasteiger partial charge < -0.3 is 10.2 Å². The SMILES string of the molecule is CCN(CC(=O)NC(C)C)CC(=O)N(C)C1CCCc2ccccc21. The zero-order chi connectivity index (χ0) is 18.4. The molecular weight excluding hydrogens is 314 g/mol. The van der Waals surface area contributed by atoms with Crippen LogP contribution in [0.15, 0.2) is 24.3 Å². The number of aryl methyl sites for hydroxylation is 1. The van der Waals surface area contributed by atoms with Gasteiger partial charge in [-0.3, -0.25) is 14.5 Å². The van der Waals surface area contributed by atoms with Crippen LogP contribution in [-0.2, 0) is 16.0 Å². The van der Waals surface area contributed by atoms with Crippen molar-refractivity contribution in [2.75, 3.05) is 26.7 Å². The lowest BCUT2D eigenvalue weighted by Crippen LogP contribution is -2.45.